The average Bonchev–Trinajstić information content (AvgIpc) is 3.06. The maximum absolute atomic E-state index is 12.6. The molecule has 26 heavy (non-hydrogen) atoms. The summed E-state index contributed by atoms with van der Waals surface area (Å²) in [6.45, 7) is 9.35. The van der Waals surface area contributed by atoms with E-state index in [1.807, 2.05) is 42.9 Å². The smallest absolute Gasteiger partial charge is 0.224 e. The van der Waals surface area contributed by atoms with Crippen LogP contribution in [0, 0.1) is 13.8 Å². The molecule has 3 rings (SSSR count). The van der Waals surface area contributed by atoms with Crippen molar-refractivity contribution in [2.45, 2.75) is 39.7 Å². The normalized spacial score (nSPS) is 16.0. The molecule has 1 saturated heterocycles. The van der Waals surface area contributed by atoms with Crippen molar-refractivity contribution in [3.05, 3.63) is 35.7 Å². The molecule has 0 aromatic carbocycles. The first-order valence-corrected chi connectivity index (χ1v) is 9.50. The van der Waals surface area contributed by atoms with Crippen molar-refractivity contribution in [3.8, 4) is 0 Å². The van der Waals surface area contributed by atoms with Crippen LogP contribution in [0.25, 0.3) is 0 Å². The summed E-state index contributed by atoms with van der Waals surface area (Å²) in [6, 6.07) is 2.05. The monoisotopic (exact) mass is 358 g/mol. The Kier molecular flexibility index (Phi) is 6.08. The van der Waals surface area contributed by atoms with E-state index in [4.69, 9.17) is 0 Å². The molecule has 0 saturated carbocycles. The van der Waals surface area contributed by atoms with Gasteiger partial charge >= 0.3 is 0 Å². The molecular formula is C19H30N6O. The van der Waals surface area contributed by atoms with Crippen LogP contribution < -0.4 is 0 Å². The summed E-state index contributed by atoms with van der Waals surface area (Å²) < 4.78 is 4.01. The number of hydrogen-bond acceptors (Lipinski definition) is 4. The number of imidazole rings is 1. The maximum Gasteiger partial charge on any atom is 0.224 e. The molecule has 2 aromatic heterocycles. The van der Waals surface area contributed by atoms with E-state index in [1.165, 1.54) is 0 Å². The summed E-state index contributed by atoms with van der Waals surface area (Å²) >= 11 is 0. The second-order valence-electron chi connectivity index (χ2n) is 7.18. The largest absolute Gasteiger partial charge is 0.341 e. The number of carbonyl (C=O) groups is 1. The summed E-state index contributed by atoms with van der Waals surface area (Å²) in [4.78, 5) is 21.5. The Hall–Kier alpha value is -2.15. The molecule has 0 unspecified atom stereocenters. The predicted molar refractivity (Wildman–Crippen MR) is 101 cm³/mol. The van der Waals surface area contributed by atoms with Gasteiger partial charge in [-0.1, -0.05) is 0 Å². The molecule has 0 radical (unpaired) electrons. The first-order chi connectivity index (χ1) is 12.5. The zero-order valence-corrected chi connectivity index (χ0v) is 16.2. The SMILES string of the molecule is Cc1cc(C)n(CCC(=O)N2CCCN(CCc3nccn3C)CC2)n1. The second-order valence-corrected chi connectivity index (χ2v) is 7.18. The van der Waals surface area contributed by atoms with Gasteiger partial charge in [0, 0.05) is 70.7 Å². The summed E-state index contributed by atoms with van der Waals surface area (Å²) in [5, 5.41) is 4.44. The van der Waals surface area contributed by atoms with Gasteiger partial charge in [-0.3, -0.25) is 9.48 Å². The Bertz CT molecular complexity index is 734. The van der Waals surface area contributed by atoms with Crippen LogP contribution in [-0.4, -0.2) is 67.8 Å². The number of nitrogens with zero attached hydrogens (tertiary/aromatic N) is 6. The molecule has 0 spiro atoms. The second kappa shape index (κ2) is 8.49. The lowest BCUT2D eigenvalue weighted by atomic mass is 10.3. The molecule has 3 heterocycles. The molecule has 0 bridgehead atoms. The zero-order valence-electron chi connectivity index (χ0n) is 16.2. The fourth-order valence-corrected chi connectivity index (χ4v) is 3.60. The third-order valence-corrected chi connectivity index (χ3v) is 5.15. The highest BCUT2D eigenvalue weighted by atomic mass is 16.2. The molecule has 1 aliphatic heterocycles. The topological polar surface area (TPSA) is 59.2 Å². The molecule has 0 atom stereocenters. The molecule has 1 amide bonds. The fourth-order valence-electron chi connectivity index (χ4n) is 3.60. The lowest BCUT2D eigenvalue weighted by Gasteiger charge is -2.22. The van der Waals surface area contributed by atoms with Crippen LogP contribution in [0.4, 0.5) is 0 Å². The molecule has 2 aromatic rings. The lowest BCUT2D eigenvalue weighted by Crippen LogP contribution is -2.36. The minimum absolute atomic E-state index is 0.239. The molecule has 1 fully saturated rings. The van der Waals surface area contributed by atoms with Gasteiger partial charge in [-0.2, -0.15) is 5.10 Å². The number of rotatable bonds is 6. The van der Waals surface area contributed by atoms with Crippen LogP contribution in [0.2, 0.25) is 0 Å². The van der Waals surface area contributed by atoms with Crippen LogP contribution in [0.15, 0.2) is 18.5 Å². The average molecular weight is 358 g/mol. The van der Waals surface area contributed by atoms with Crippen molar-refractivity contribution in [3.63, 3.8) is 0 Å². The van der Waals surface area contributed by atoms with Crippen molar-refractivity contribution in [1.82, 2.24) is 29.1 Å². The van der Waals surface area contributed by atoms with Gasteiger partial charge in [-0.25, -0.2) is 4.98 Å². The number of amides is 1. The van der Waals surface area contributed by atoms with Crippen molar-refractivity contribution < 1.29 is 4.79 Å². The molecule has 7 nitrogen and oxygen atoms in total. The summed E-state index contributed by atoms with van der Waals surface area (Å²) in [5.74, 6) is 1.36. The van der Waals surface area contributed by atoms with Crippen molar-refractivity contribution >= 4 is 5.91 Å². The van der Waals surface area contributed by atoms with Crippen LogP contribution in [0.1, 0.15) is 30.1 Å². The molecule has 1 aliphatic rings. The van der Waals surface area contributed by atoms with E-state index in [0.717, 1.165) is 62.8 Å². The first-order valence-electron chi connectivity index (χ1n) is 9.50. The predicted octanol–water partition coefficient (Wildman–Crippen LogP) is 1.40. The Morgan fingerprint density at radius 1 is 1.15 bits per heavy atom. The van der Waals surface area contributed by atoms with Gasteiger partial charge in [0.1, 0.15) is 5.82 Å². The van der Waals surface area contributed by atoms with E-state index >= 15 is 0 Å². The summed E-state index contributed by atoms with van der Waals surface area (Å²) in [5.41, 5.74) is 2.12. The molecule has 142 valence electrons. The highest BCUT2D eigenvalue weighted by Crippen LogP contribution is 2.08. The Labute approximate surface area is 155 Å². The quantitative estimate of drug-likeness (QED) is 0.783. The van der Waals surface area contributed by atoms with Crippen LogP contribution in [-0.2, 0) is 24.8 Å². The van der Waals surface area contributed by atoms with Crippen molar-refractivity contribution in [2.75, 3.05) is 32.7 Å². The van der Waals surface area contributed by atoms with E-state index in [2.05, 4.69) is 25.6 Å². The summed E-state index contributed by atoms with van der Waals surface area (Å²) in [6.07, 6.45) is 6.35. The van der Waals surface area contributed by atoms with E-state index in [-0.39, 0.29) is 5.91 Å². The van der Waals surface area contributed by atoms with Gasteiger partial charge in [0.15, 0.2) is 0 Å². The molecule has 0 aliphatic carbocycles. The van der Waals surface area contributed by atoms with Crippen molar-refractivity contribution in [1.29, 1.82) is 0 Å². The Balaban J connectivity index is 1.44. The van der Waals surface area contributed by atoms with Gasteiger partial charge in [0.05, 0.1) is 5.69 Å². The van der Waals surface area contributed by atoms with Gasteiger partial charge in [-0.05, 0) is 32.9 Å². The van der Waals surface area contributed by atoms with Gasteiger partial charge in [-0.15, -0.1) is 0 Å². The van der Waals surface area contributed by atoms with Gasteiger partial charge in [0.2, 0.25) is 5.91 Å². The maximum atomic E-state index is 12.6. The molecule has 7 heteroatoms. The minimum Gasteiger partial charge on any atom is -0.341 e. The number of carbonyl (C=O) groups excluding carboxylic acids is 1. The lowest BCUT2D eigenvalue weighted by molar-refractivity contribution is -0.131. The molecule has 0 N–H and O–H groups in total. The third kappa shape index (κ3) is 4.72. The van der Waals surface area contributed by atoms with E-state index < -0.39 is 0 Å². The highest BCUT2D eigenvalue weighted by Gasteiger charge is 2.19. The van der Waals surface area contributed by atoms with Gasteiger partial charge < -0.3 is 14.4 Å². The Morgan fingerprint density at radius 3 is 2.69 bits per heavy atom. The van der Waals surface area contributed by atoms with Crippen LogP contribution in [0.3, 0.4) is 0 Å². The van der Waals surface area contributed by atoms with Crippen LogP contribution >= 0.6 is 0 Å². The number of hydrogen-bond donors (Lipinski definition) is 0. The number of aromatic nitrogens is 4. The standard InChI is InChI=1S/C19H30N6O/c1-16-15-17(2)25(21-16)11-6-19(26)24-9-4-8-23(13-14-24)10-5-18-20-7-12-22(18)3/h7,12,15H,4-6,8-11,13-14H2,1-3H3. The van der Waals surface area contributed by atoms with Crippen LogP contribution in [0.5, 0.6) is 0 Å². The third-order valence-electron chi connectivity index (χ3n) is 5.15. The molecular weight excluding hydrogens is 328 g/mol. The zero-order chi connectivity index (χ0) is 18.5. The number of aryl methyl sites for hydroxylation is 4. The van der Waals surface area contributed by atoms with E-state index in [1.54, 1.807) is 0 Å². The first kappa shape index (κ1) is 18.6. The summed E-state index contributed by atoms with van der Waals surface area (Å²) in [7, 11) is 2.04. The highest BCUT2D eigenvalue weighted by molar-refractivity contribution is 5.76. The van der Waals surface area contributed by atoms with E-state index in [9.17, 15) is 4.79 Å². The Morgan fingerprint density at radius 2 is 2.00 bits per heavy atom. The van der Waals surface area contributed by atoms with Crippen molar-refractivity contribution in [2.24, 2.45) is 7.05 Å². The van der Waals surface area contributed by atoms with Gasteiger partial charge in [0.25, 0.3) is 0 Å². The van der Waals surface area contributed by atoms with E-state index in [0.29, 0.717) is 13.0 Å². The minimum atomic E-state index is 0.239. The fraction of sp³-hybridized carbons (Fsp3) is 0.632.